The molecule has 1 heterocycles. The number of aliphatic carboxylic acids is 1. The van der Waals surface area contributed by atoms with Crippen molar-refractivity contribution in [2.24, 2.45) is 0 Å². The molecular formula is C7H9NO4. The van der Waals surface area contributed by atoms with E-state index < -0.39 is 5.97 Å². The summed E-state index contributed by atoms with van der Waals surface area (Å²) in [4.78, 5) is 14.1. The molecule has 0 aliphatic heterocycles. The number of hydrogen-bond donors (Lipinski definition) is 1. The minimum absolute atomic E-state index is 0.118. The van der Waals surface area contributed by atoms with Gasteiger partial charge in [0.2, 0.25) is 5.89 Å². The van der Waals surface area contributed by atoms with Crippen LogP contribution in [0.4, 0.5) is 0 Å². The number of oxazole rings is 1. The Balaban J connectivity index is 2.58. The molecule has 0 fully saturated rings. The summed E-state index contributed by atoms with van der Waals surface area (Å²) in [6, 6.07) is 0. The van der Waals surface area contributed by atoms with Gasteiger partial charge in [0.05, 0.1) is 12.1 Å². The number of ether oxygens (including phenoxy) is 1. The van der Waals surface area contributed by atoms with Gasteiger partial charge in [-0.2, -0.15) is 0 Å². The lowest BCUT2D eigenvalue weighted by atomic mass is 10.3. The molecule has 0 radical (unpaired) electrons. The van der Waals surface area contributed by atoms with Crippen LogP contribution in [-0.4, -0.2) is 23.2 Å². The van der Waals surface area contributed by atoms with Gasteiger partial charge in [0.15, 0.2) is 0 Å². The number of methoxy groups -OCH3 is 1. The maximum absolute atomic E-state index is 10.2. The molecule has 0 atom stereocenters. The van der Waals surface area contributed by atoms with Crippen LogP contribution in [0, 0.1) is 0 Å². The number of carbonyl (C=O) groups is 1. The quantitative estimate of drug-likeness (QED) is 0.711. The first-order valence-corrected chi connectivity index (χ1v) is 3.36. The molecule has 1 rings (SSSR count). The second kappa shape index (κ2) is 3.87. The van der Waals surface area contributed by atoms with Gasteiger partial charge in [-0.15, -0.1) is 0 Å². The van der Waals surface area contributed by atoms with Gasteiger partial charge >= 0.3 is 5.97 Å². The number of carboxylic acids is 1. The van der Waals surface area contributed by atoms with Crippen molar-refractivity contribution < 1.29 is 19.1 Å². The summed E-state index contributed by atoms with van der Waals surface area (Å²) in [7, 11) is 1.51. The zero-order valence-corrected chi connectivity index (χ0v) is 6.61. The van der Waals surface area contributed by atoms with Crippen molar-refractivity contribution in [2.45, 2.75) is 13.0 Å². The lowest BCUT2D eigenvalue weighted by Crippen LogP contribution is -2.00. The first-order chi connectivity index (χ1) is 5.72. The van der Waals surface area contributed by atoms with Crippen LogP contribution in [0.2, 0.25) is 0 Å². The van der Waals surface area contributed by atoms with Gasteiger partial charge in [0.1, 0.15) is 12.9 Å². The molecule has 0 amide bonds. The summed E-state index contributed by atoms with van der Waals surface area (Å²) in [5.74, 6) is -0.527. The van der Waals surface area contributed by atoms with Gasteiger partial charge in [-0.25, -0.2) is 4.98 Å². The molecule has 5 nitrogen and oxygen atoms in total. The molecule has 0 saturated carbocycles. The van der Waals surface area contributed by atoms with E-state index in [4.69, 9.17) is 14.3 Å². The predicted molar refractivity (Wildman–Crippen MR) is 38.6 cm³/mol. The van der Waals surface area contributed by atoms with E-state index in [9.17, 15) is 4.79 Å². The number of aromatic nitrogens is 1. The molecule has 1 aromatic rings. The van der Waals surface area contributed by atoms with E-state index in [-0.39, 0.29) is 13.0 Å². The number of nitrogens with zero attached hydrogens (tertiary/aromatic N) is 1. The zero-order valence-electron chi connectivity index (χ0n) is 6.61. The van der Waals surface area contributed by atoms with Gasteiger partial charge in [-0.1, -0.05) is 0 Å². The maximum atomic E-state index is 10.2. The van der Waals surface area contributed by atoms with Crippen LogP contribution in [0.25, 0.3) is 0 Å². The van der Waals surface area contributed by atoms with E-state index in [0.29, 0.717) is 11.6 Å². The lowest BCUT2D eigenvalue weighted by molar-refractivity contribution is -0.136. The standard InChI is InChI=1S/C7H9NO4/c1-11-4-6-8-5(3-12-6)2-7(9)10/h3H,2,4H2,1H3,(H,9,10). The van der Waals surface area contributed by atoms with E-state index >= 15 is 0 Å². The van der Waals surface area contributed by atoms with Crippen LogP contribution in [0.5, 0.6) is 0 Å². The Hall–Kier alpha value is -1.36. The van der Waals surface area contributed by atoms with Gasteiger partial charge in [0, 0.05) is 7.11 Å². The summed E-state index contributed by atoms with van der Waals surface area (Å²) in [5.41, 5.74) is 0.412. The molecule has 0 aromatic carbocycles. The molecule has 0 spiro atoms. The average Bonchev–Trinajstić information content (AvgIpc) is 2.36. The molecule has 5 heteroatoms. The van der Waals surface area contributed by atoms with Crippen molar-refractivity contribution in [3.8, 4) is 0 Å². The van der Waals surface area contributed by atoms with E-state index in [1.807, 2.05) is 0 Å². The second-order valence-electron chi connectivity index (χ2n) is 2.24. The fourth-order valence-corrected chi connectivity index (χ4v) is 0.775. The normalized spacial score (nSPS) is 10.1. The summed E-state index contributed by atoms with van der Waals surface area (Å²) in [6.45, 7) is 0.264. The molecule has 0 aliphatic carbocycles. The highest BCUT2D eigenvalue weighted by atomic mass is 16.5. The highest BCUT2D eigenvalue weighted by Gasteiger charge is 2.06. The van der Waals surface area contributed by atoms with Crippen molar-refractivity contribution >= 4 is 5.97 Å². The van der Waals surface area contributed by atoms with Crippen LogP contribution >= 0.6 is 0 Å². The van der Waals surface area contributed by atoms with Crippen LogP contribution in [0.1, 0.15) is 11.6 Å². The molecule has 0 aliphatic rings. The predicted octanol–water partition coefficient (Wildman–Crippen LogP) is 0.448. The number of carboxylic acid groups (broad SMARTS) is 1. The van der Waals surface area contributed by atoms with Gasteiger partial charge in [-0.05, 0) is 0 Å². The average molecular weight is 171 g/mol. The Morgan fingerprint density at radius 3 is 3.17 bits per heavy atom. The van der Waals surface area contributed by atoms with Gasteiger partial charge < -0.3 is 14.3 Å². The SMILES string of the molecule is COCc1nc(CC(=O)O)co1. The van der Waals surface area contributed by atoms with E-state index in [0.717, 1.165) is 0 Å². The third-order valence-electron chi connectivity index (χ3n) is 1.20. The minimum Gasteiger partial charge on any atom is -0.481 e. The van der Waals surface area contributed by atoms with Crippen LogP contribution < -0.4 is 0 Å². The number of rotatable bonds is 4. The Kier molecular flexibility index (Phi) is 2.82. The molecule has 0 saturated heterocycles. The van der Waals surface area contributed by atoms with Crippen molar-refractivity contribution in [2.75, 3.05) is 7.11 Å². The van der Waals surface area contributed by atoms with E-state index in [2.05, 4.69) is 4.98 Å². The van der Waals surface area contributed by atoms with E-state index in [1.54, 1.807) is 0 Å². The fraction of sp³-hybridized carbons (Fsp3) is 0.429. The molecule has 12 heavy (non-hydrogen) atoms. The molecular weight excluding hydrogens is 162 g/mol. The highest BCUT2D eigenvalue weighted by molar-refractivity contribution is 5.69. The molecule has 0 bridgehead atoms. The minimum atomic E-state index is -0.924. The van der Waals surface area contributed by atoms with Gasteiger partial charge in [-0.3, -0.25) is 4.79 Å². The third-order valence-corrected chi connectivity index (χ3v) is 1.20. The monoisotopic (exact) mass is 171 g/mol. The zero-order chi connectivity index (χ0) is 8.97. The Morgan fingerprint density at radius 1 is 1.83 bits per heavy atom. The van der Waals surface area contributed by atoms with Crippen LogP contribution in [-0.2, 0) is 22.6 Å². The Labute approximate surface area is 69.0 Å². The Morgan fingerprint density at radius 2 is 2.58 bits per heavy atom. The van der Waals surface area contributed by atoms with Crippen molar-refractivity contribution in [1.29, 1.82) is 0 Å². The summed E-state index contributed by atoms with van der Waals surface area (Å²) >= 11 is 0. The van der Waals surface area contributed by atoms with Crippen molar-refractivity contribution in [1.82, 2.24) is 4.98 Å². The molecule has 0 unspecified atom stereocenters. The molecule has 1 aromatic heterocycles. The smallest absolute Gasteiger partial charge is 0.309 e. The van der Waals surface area contributed by atoms with Crippen LogP contribution in [0.15, 0.2) is 10.7 Å². The molecule has 1 N–H and O–H groups in total. The van der Waals surface area contributed by atoms with Crippen molar-refractivity contribution in [3.05, 3.63) is 17.8 Å². The summed E-state index contributed by atoms with van der Waals surface area (Å²) in [6.07, 6.45) is 1.20. The summed E-state index contributed by atoms with van der Waals surface area (Å²) in [5, 5.41) is 8.39. The highest BCUT2D eigenvalue weighted by Crippen LogP contribution is 2.03. The van der Waals surface area contributed by atoms with Gasteiger partial charge in [0.25, 0.3) is 0 Å². The van der Waals surface area contributed by atoms with Crippen molar-refractivity contribution in [3.63, 3.8) is 0 Å². The Bertz CT molecular complexity index is 268. The third kappa shape index (κ3) is 2.35. The van der Waals surface area contributed by atoms with Crippen LogP contribution in [0.3, 0.4) is 0 Å². The number of hydrogen-bond acceptors (Lipinski definition) is 4. The summed E-state index contributed by atoms with van der Waals surface area (Å²) < 4.78 is 9.65. The second-order valence-corrected chi connectivity index (χ2v) is 2.24. The first kappa shape index (κ1) is 8.73. The largest absolute Gasteiger partial charge is 0.481 e. The first-order valence-electron chi connectivity index (χ1n) is 3.36. The lowest BCUT2D eigenvalue weighted by Gasteiger charge is -1.88. The topological polar surface area (TPSA) is 72.6 Å². The fourth-order valence-electron chi connectivity index (χ4n) is 0.775. The maximum Gasteiger partial charge on any atom is 0.309 e. The molecule has 66 valence electrons. The van der Waals surface area contributed by atoms with E-state index in [1.165, 1.54) is 13.4 Å².